The van der Waals surface area contributed by atoms with Crippen LogP contribution in [0.25, 0.3) is 5.69 Å². The number of hydrogen-bond acceptors (Lipinski definition) is 5. The highest BCUT2D eigenvalue weighted by Gasteiger charge is 2.20. The Kier molecular flexibility index (Phi) is 8.19. The molecule has 8 heteroatoms. The number of nitrogens with one attached hydrogen (secondary N) is 1. The monoisotopic (exact) mass is 479 g/mol. The highest BCUT2D eigenvalue weighted by Crippen LogP contribution is 2.21. The quantitative estimate of drug-likeness (QED) is 0.382. The van der Waals surface area contributed by atoms with Crippen LogP contribution in [0.4, 0.5) is 10.2 Å². The predicted molar refractivity (Wildman–Crippen MR) is 134 cm³/mol. The summed E-state index contributed by atoms with van der Waals surface area (Å²) in [6, 6.07) is 13.3. The normalized spacial score (nSPS) is 12.0. The number of aromatic nitrogens is 1. The van der Waals surface area contributed by atoms with E-state index in [1.165, 1.54) is 28.8 Å². The summed E-state index contributed by atoms with van der Waals surface area (Å²) in [5.74, 6) is -1.94. The summed E-state index contributed by atoms with van der Waals surface area (Å²) in [6.07, 6.45) is 1.13. The van der Waals surface area contributed by atoms with Gasteiger partial charge in [-0.2, -0.15) is 0 Å². The molecule has 0 spiro atoms. The van der Waals surface area contributed by atoms with E-state index in [2.05, 4.69) is 5.32 Å². The lowest BCUT2D eigenvalue weighted by Crippen LogP contribution is -2.38. The Morgan fingerprint density at radius 3 is 2.31 bits per heavy atom. The number of ketones is 1. The molecule has 0 aliphatic carbocycles. The molecule has 0 radical (unpaired) electrons. The maximum Gasteiger partial charge on any atom is 0.320 e. The molecule has 1 atom stereocenters. The van der Waals surface area contributed by atoms with E-state index in [-0.39, 0.29) is 22.9 Å². The van der Waals surface area contributed by atoms with E-state index in [4.69, 9.17) is 5.73 Å². The number of rotatable bonds is 10. The average Bonchev–Trinajstić information content (AvgIpc) is 2.79. The Labute approximate surface area is 203 Å². The van der Waals surface area contributed by atoms with Gasteiger partial charge in [-0.25, -0.2) is 4.39 Å². The summed E-state index contributed by atoms with van der Waals surface area (Å²) in [7, 11) is 0. The van der Waals surface area contributed by atoms with Crippen molar-refractivity contribution < 1.29 is 19.1 Å². The number of nitrogens with two attached hydrogens (primary N) is 1. The number of carboxylic acid groups (broad SMARTS) is 1. The fraction of sp³-hybridized carbons (Fsp3) is 0.296. The number of benzene rings is 2. The summed E-state index contributed by atoms with van der Waals surface area (Å²) in [5, 5.41) is 12.4. The van der Waals surface area contributed by atoms with Crippen molar-refractivity contribution in [1.82, 2.24) is 9.88 Å². The van der Waals surface area contributed by atoms with Crippen molar-refractivity contribution >= 4 is 17.6 Å². The molecular weight excluding hydrogens is 449 g/mol. The van der Waals surface area contributed by atoms with Crippen molar-refractivity contribution in [2.75, 3.05) is 12.3 Å². The predicted octanol–water partition coefficient (Wildman–Crippen LogP) is 3.73. The first kappa shape index (κ1) is 25.8. The molecule has 3 aromatic rings. The Hall–Kier alpha value is -3.78. The summed E-state index contributed by atoms with van der Waals surface area (Å²) in [4.78, 5) is 36.9. The molecule has 4 N–H and O–H groups in total. The summed E-state index contributed by atoms with van der Waals surface area (Å²) < 4.78 is 15.6. The third-order valence-corrected chi connectivity index (χ3v) is 5.75. The second-order valence-electron chi connectivity index (χ2n) is 9.01. The first-order valence-electron chi connectivity index (χ1n) is 11.5. The highest BCUT2D eigenvalue weighted by molar-refractivity contribution is 6.11. The minimum absolute atomic E-state index is 0.0329. The van der Waals surface area contributed by atoms with Gasteiger partial charge in [0.1, 0.15) is 17.7 Å². The third kappa shape index (κ3) is 6.22. The van der Waals surface area contributed by atoms with Crippen LogP contribution in [0, 0.1) is 18.7 Å². The minimum atomic E-state index is -0.871. The number of carbonyl (C=O) groups is 2. The standard InChI is InChI=1S/C27H30FN3O4/c1-16(2)14-23(27(34)35)30-13-12-18-5-7-19(8-6-18)31-24(32)11-10-21(26(31)29)25(33)20-9-4-17(3)15-22(20)28/h4-11,15-16,23,30H,12-14,29H2,1-3H3,(H,34,35)/t23-/m0/s1. The van der Waals surface area contributed by atoms with Gasteiger partial charge in [-0.3, -0.25) is 19.0 Å². The van der Waals surface area contributed by atoms with Crippen LogP contribution in [0.5, 0.6) is 0 Å². The molecular formula is C27H30FN3O4. The summed E-state index contributed by atoms with van der Waals surface area (Å²) >= 11 is 0. The Balaban J connectivity index is 1.80. The molecule has 2 aromatic carbocycles. The third-order valence-electron chi connectivity index (χ3n) is 5.75. The number of nitrogen functional groups attached to an aromatic ring is 1. The summed E-state index contributed by atoms with van der Waals surface area (Å²) in [5.41, 5.74) is 7.79. The molecule has 0 fully saturated rings. The molecule has 0 unspecified atom stereocenters. The van der Waals surface area contributed by atoms with Gasteiger partial charge in [-0.15, -0.1) is 0 Å². The zero-order chi connectivity index (χ0) is 25.7. The van der Waals surface area contributed by atoms with E-state index in [1.807, 2.05) is 26.0 Å². The number of aryl methyl sites for hydroxylation is 1. The van der Waals surface area contributed by atoms with Crippen LogP contribution in [0.3, 0.4) is 0 Å². The van der Waals surface area contributed by atoms with Crippen LogP contribution in [0.15, 0.2) is 59.4 Å². The topological polar surface area (TPSA) is 114 Å². The lowest BCUT2D eigenvalue weighted by Gasteiger charge is -2.16. The van der Waals surface area contributed by atoms with Crippen LogP contribution < -0.4 is 16.6 Å². The molecule has 184 valence electrons. The van der Waals surface area contributed by atoms with Crippen molar-refractivity contribution in [3.8, 4) is 5.69 Å². The Morgan fingerprint density at radius 2 is 1.71 bits per heavy atom. The van der Waals surface area contributed by atoms with Crippen LogP contribution in [-0.4, -0.2) is 34.0 Å². The fourth-order valence-electron chi connectivity index (χ4n) is 3.91. The molecule has 0 aliphatic heterocycles. The second-order valence-corrected chi connectivity index (χ2v) is 9.01. The van der Waals surface area contributed by atoms with E-state index in [0.29, 0.717) is 30.6 Å². The van der Waals surface area contributed by atoms with Gasteiger partial charge in [0, 0.05) is 6.07 Å². The molecule has 0 saturated heterocycles. The van der Waals surface area contributed by atoms with Crippen molar-refractivity contribution in [3.63, 3.8) is 0 Å². The van der Waals surface area contributed by atoms with Gasteiger partial charge >= 0.3 is 5.97 Å². The van der Waals surface area contributed by atoms with E-state index in [9.17, 15) is 23.9 Å². The molecule has 0 saturated carbocycles. The van der Waals surface area contributed by atoms with Gasteiger partial charge in [0.15, 0.2) is 5.78 Å². The number of halogens is 1. The van der Waals surface area contributed by atoms with E-state index < -0.39 is 29.2 Å². The first-order chi connectivity index (χ1) is 16.6. The number of hydrogen-bond donors (Lipinski definition) is 3. The fourth-order valence-corrected chi connectivity index (χ4v) is 3.91. The molecule has 7 nitrogen and oxygen atoms in total. The number of carboxylic acids is 1. The molecule has 0 amide bonds. The van der Waals surface area contributed by atoms with E-state index in [0.717, 1.165) is 5.56 Å². The highest BCUT2D eigenvalue weighted by atomic mass is 19.1. The zero-order valence-electron chi connectivity index (χ0n) is 20.0. The molecule has 1 aromatic heterocycles. The van der Waals surface area contributed by atoms with Gasteiger partial charge in [0.05, 0.1) is 16.8 Å². The number of pyridine rings is 1. The largest absolute Gasteiger partial charge is 0.480 e. The molecule has 3 rings (SSSR count). The SMILES string of the molecule is Cc1ccc(C(=O)c2ccc(=O)n(-c3ccc(CCN[C@@H](CC(C)C)C(=O)O)cc3)c2N)c(F)c1. The van der Waals surface area contributed by atoms with Crippen molar-refractivity contribution in [2.45, 2.75) is 39.7 Å². The lowest BCUT2D eigenvalue weighted by molar-refractivity contribution is -0.139. The van der Waals surface area contributed by atoms with Gasteiger partial charge < -0.3 is 16.2 Å². The smallest absolute Gasteiger partial charge is 0.320 e. The molecule has 0 bridgehead atoms. The minimum Gasteiger partial charge on any atom is -0.480 e. The maximum absolute atomic E-state index is 14.4. The van der Waals surface area contributed by atoms with Crippen LogP contribution in [0.2, 0.25) is 0 Å². The van der Waals surface area contributed by atoms with Crippen molar-refractivity contribution in [3.05, 3.63) is 93.0 Å². The van der Waals surface area contributed by atoms with Gasteiger partial charge in [0.25, 0.3) is 5.56 Å². The van der Waals surface area contributed by atoms with Gasteiger partial charge in [0.2, 0.25) is 0 Å². The lowest BCUT2D eigenvalue weighted by atomic mass is 10.0. The maximum atomic E-state index is 14.4. The van der Waals surface area contributed by atoms with Crippen molar-refractivity contribution in [1.29, 1.82) is 0 Å². The summed E-state index contributed by atoms with van der Waals surface area (Å²) in [6.45, 7) is 6.16. The van der Waals surface area contributed by atoms with Gasteiger partial charge in [-0.1, -0.05) is 32.0 Å². The number of nitrogens with zero attached hydrogens (tertiary/aromatic N) is 1. The zero-order valence-corrected chi connectivity index (χ0v) is 20.0. The number of aliphatic carboxylic acids is 1. The molecule has 35 heavy (non-hydrogen) atoms. The van der Waals surface area contributed by atoms with E-state index in [1.54, 1.807) is 25.1 Å². The van der Waals surface area contributed by atoms with Crippen LogP contribution >= 0.6 is 0 Å². The number of anilines is 1. The van der Waals surface area contributed by atoms with Crippen LogP contribution in [0.1, 0.15) is 47.3 Å². The average molecular weight is 480 g/mol. The number of carbonyl (C=O) groups excluding carboxylic acids is 1. The Bertz CT molecular complexity index is 1280. The van der Waals surface area contributed by atoms with E-state index >= 15 is 0 Å². The van der Waals surface area contributed by atoms with Crippen LogP contribution in [-0.2, 0) is 11.2 Å². The van der Waals surface area contributed by atoms with Crippen molar-refractivity contribution in [2.24, 2.45) is 5.92 Å². The Morgan fingerprint density at radius 1 is 1.06 bits per heavy atom. The van der Waals surface area contributed by atoms with Gasteiger partial charge in [-0.05, 0) is 73.7 Å². The molecule has 1 heterocycles. The molecule has 0 aliphatic rings. The first-order valence-corrected chi connectivity index (χ1v) is 11.5. The second kappa shape index (κ2) is 11.1.